The van der Waals surface area contributed by atoms with Crippen molar-refractivity contribution in [1.29, 1.82) is 0 Å². The molecule has 13 heteroatoms. The maximum Gasteiger partial charge on any atom is 0.303 e. The van der Waals surface area contributed by atoms with Gasteiger partial charge in [0.2, 0.25) is 6.10 Å². The quantitative estimate of drug-likeness (QED) is 0.391. The van der Waals surface area contributed by atoms with E-state index in [0.717, 1.165) is 27.7 Å². The highest BCUT2D eigenvalue weighted by Crippen LogP contribution is 2.34. The average Bonchev–Trinajstić information content (AvgIpc) is 2.63. The molecule has 0 aliphatic carbocycles. The Morgan fingerprint density at radius 3 is 1.75 bits per heavy atom. The van der Waals surface area contributed by atoms with Gasteiger partial charge >= 0.3 is 23.9 Å². The molecule has 0 saturated carbocycles. The third kappa shape index (κ3) is 8.89. The van der Waals surface area contributed by atoms with Gasteiger partial charge in [0, 0.05) is 32.7 Å². The highest BCUT2D eigenvalue weighted by atomic mass is 35.5. The monoisotopic (exact) mass is 511 g/mol. The first-order chi connectivity index (χ1) is 14.8. The number of anilines is 1. The molecule has 0 aliphatic heterocycles. The maximum atomic E-state index is 13.0. The number of carbonyl (C=O) groups excluding carboxylic acids is 5. The van der Waals surface area contributed by atoms with Gasteiger partial charge in [-0.15, -0.1) is 0 Å². The lowest BCUT2D eigenvalue weighted by atomic mass is 10.1. The number of halogens is 3. The van der Waals surface area contributed by atoms with E-state index in [1.807, 2.05) is 0 Å². The van der Waals surface area contributed by atoms with Crippen molar-refractivity contribution in [2.24, 2.45) is 0 Å². The summed E-state index contributed by atoms with van der Waals surface area (Å²) in [4.78, 5) is 59.2. The fraction of sp³-hybridized carbons (Fsp3) is 0.421. The summed E-state index contributed by atoms with van der Waals surface area (Å²) in [5, 5.41) is 2.50. The first-order valence-corrected chi connectivity index (χ1v) is 10.1. The molecule has 176 valence electrons. The third-order valence-corrected chi connectivity index (χ3v) is 4.36. The van der Waals surface area contributed by atoms with Crippen LogP contribution in [0.2, 0.25) is 15.1 Å². The fourth-order valence-corrected chi connectivity index (χ4v) is 3.35. The number of hydrogen-bond acceptors (Lipinski definition) is 9. The second-order valence-corrected chi connectivity index (χ2v) is 7.54. The molecule has 1 rings (SSSR count). The number of ether oxygens (including phenoxy) is 4. The van der Waals surface area contributed by atoms with Gasteiger partial charge in [-0.05, 0) is 12.1 Å². The molecule has 3 unspecified atom stereocenters. The maximum absolute atomic E-state index is 13.0. The van der Waals surface area contributed by atoms with Crippen molar-refractivity contribution in [3.8, 4) is 0 Å². The van der Waals surface area contributed by atoms with Crippen molar-refractivity contribution in [3.63, 3.8) is 0 Å². The van der Waals surface area contributed by atoms with Gasteiger partial charge < -0.3 is 24.3 Å². The van der Waals surface area contributed by atoms with Crippen LogP contribution in [0.1, 0.15) is 27.7 Å². The van der Waals surface area contributed by atoms with Gasteiger partial charge in [-0.25, -0.2) is 0 Å². The minimum absolute atomic E-state index is 0.0297. The van der Waals surface area contributed by atoms with Crippen LogP contribution in [0.4, 0.5) is 5.69 Å². The second kappa shape index (κ2) is 12.5. The summed E-state index contributed by atoms with van der Waals surface area (Å²) in [6, 6.07) is 2.61. The molecule has 0 saturated heterocycles. The Hall–Kier alpha value is -2.56. The van der Waals surface area contributed by atoms with Crippen molar-refractivity contribution in [3.05, 3.63) is 27.2 Å². The highest BCUT2D eigenvalue weighted by molar-refractivity contribution is 6.42. The van der Waals surface area contributed by atoms with Crippen molar-refractivity contribution < 1.29 is 42.9 Å². The van der Waals surface area contributed by atoms with E-state index in [1.165, 1.54) is 12.1 Å². The van der Waals surface area contributed by atoms with Crippen LogP contribution in [-0.2, 0) is 42.9 Å². The number of amides is 1. The van der Waals surface area contributed by atoms with Crippen LogP contribution < -0.4 is 5.32 Å². The Kier molecular flexibility index (Phi) is 10.7. The van der Waals surface area contributed by atoms with Crippen LogP contribution in [0.15, 0.2) is 12.1 Å². The summed E-state index contributed by atoms with van der Waals surface area (Å²) < 4.78 is 20.1. The van der Waals surface area contributed by atoms with Crippen LogP contribution in [0.3, 0.4) is 0 Å². The van der Waals surface area contributed by atoms with Crippen LogP contribution >= 0.6 is 34.8 Å². The Labute approximate surface area is 198 Å². The van der Waals surface area contributed by atoms with Crippen molar-refractivity contribution >= 4 is 70.3 Å². The molecule has 1 N–H and O–H groups in total. The van der Waals surface area contributed by atoms with E-state index in [0.29, 0.717) is 0 Å². The summed E-state index contributed by atoms with van der Waals surface area (Å²) in [6.07, 6.45) is -5.03. The van der Waals surface area contributed by atoms with E-state index >= 15 is 0 Å². The molecule has 0 aromatic heterocycles. The molecular weight excluding hydrogens is 493 g/mol. The zero-order chi connectivity index (χ0) is 24.6. The fourth-order valence-electron chi connectivity index (χ4n) is 2.44. The minimum atomic E-state index is -1.85. The minimum Gasteiger partial charge on any atom is -0.462 e. The highest BCUT2D eigenvalue weighted by Gasteiger charge is 2.42. The van der Waals surface area contributed by atoms with Crippen LogP contribution in [0.5, 0.6) is 0 Å². The lowest BCUT2D eigenvalue weighted by Gasteiger charge is -2.31. The number of carbonyl (C=O) groups is 5. The lowest BCUT2D eigenvalue weighted by Crippen LogP contribution is -2.52. The first kappa shape index (κ1) is 27.5. The van der Waals surface area contributed by atoms with Gasteiger partial charge in [-0.1, -0.05) is 34.8 Å². The van der Waals surface area contributed by atoms with E-state index in [-0.39, 0.29) is 20.8 Å². The number of hydrogen-bond donors (Lipinski definition) is 1. The summed E-state index contributed by atoms with van der Waals surface area (Å²) in [6.45, 7) is 3.55. The molecule has 10 nitrogen and oxygen atoms in total. The Balaban J connectivity index is 3.39. The molecule has 0 heterocycles. The largest absolute Gasteiger partial charge is 0.462 e. The van der Waals surface area contributed by atoms with Crippen molar-refractivity contribution in [1.82, 2.24) is 0 Å². The molecule has 1 aromatic rings. The molecule has 32 heavy (non-hydrogen) atoms. The third-order valence-electron chi connectivity index (χ3n) is 3.54. The predicted octanol–water partition coefficient (Wildman–Crippen LogP) is 2.94. The number of nitrogens with one attached hydrogen (secondary N) is 1. The average molecular weight is 513 g/mol. The Morgan fingerprint density at radius 1 is 0.812 bits per heavy atom. The van der Waals surface area contributed by atoms with Gasteiger partial charge in [0.15, 0.2) is 12.2 Å². The molecule has 1 aromatic carbocycles. The number of rotatable bonds is 9. The summed E-state index contributed by atoms with van der Waals surface area (Å²) in [7, 11) is 0. The summed E-state index contributed by atoms with van der Waals surface area (Å²) >= 11 is 18.0. The smallest absolute Gasteiger partial charge is 0.303 e. The molecule has 0 radical (unpaired) electrons. The van der Waals surface area contributed by atoms with E-state index in [1.54, 1.807) is 0 Å². The van der Waals surface area contributed by atoms with Crippen LogP contribution in [-0.4, -0.2) is 54.7 Å². The van der Waals surface area contributed by atoms with Gasteiger partial charge in [-0.3, -0.25) is 24.0 Å². The van der Waals surface area contributed by atoms with E-state index < -0.39 is 54.7 Å². The molecule has 1 amide bonds. The van der Waals surface area contributed by atoms with Gasteiger partial charge in [0.05, 0.1) is 15.7 Å². The van der Waals surface area contributed by atoms with Crippen molar-refractivity contribution in [2.75, 3.05) is 11.9 Å². The lowest BCUT2D eigenvalue weighted by molar-refractivity contribution is -0.190. The van der Waals surface area contributed by atoms with Gasteiger partial charge in [0.1, 0.15) is 6.61 Å². The predicted molar refractivity (Wildman–Crippen MR) is 113 cm³/mol. The van der Waals surface area contributed by atoms with Crippen LogP contribution in [0.25, 0.3) is 0 Å². The zero-order valence-electron chi connectivity index (χ0n) is 17.4. The normalized spacial score (nSPS) is 13.2. The molecule has 0 bridgehead atoms. The van der Waals surface area contributed by atoms with Crippen molar-refractivity contribution in [2.45, 2.75) is 46.0 Å². The SMILES string of the molecule is CC(=O)OCC(OC(C)=O)C(OC(C)=O)C(OC(C)=O)C(=O)Nc1c(Cl)cc(Cl)cc1Cl. The molecule has 3 atom stereocenters. The second-order valence-electron chi connectivity index (χ2n) is 6.29. The topological polar surface area (TPSA) is 134 Å². The number of benzene rings is 1. The Morgan fingerprint density at radius 2 is 1.31 bits per heavy atom. The van der Waals surface area contributed by atoms with Crippen LogP contribution in [0, 0.1) is 0 Å². The summed E-state index contributed by atoms with van der Waals surface area (Å²) in [5.41, 5.74) is -0.0644. The van der Waals surface area contributed by atoms with E-state index in [4.69, 9.17) is 53.8 Å². The molecule has 0 aliphatic rings. The molecule has 0 spiro atoms. The molecule has 0 fully saturated rings. The summed E-state index contributed by atoms with van der Waals surface area (Å²) in [5.74, 6) is -4.44. The van der Waals surface area contributed by atoms with Gasteiger partial charge in [0.25, 0.3) is 5.91 Å². The zero-order valence-corrected chi connectivity index (χ0v) is 19.7. The first-order valence-electron chi connectivity index (χ1n) is 8.92. The Bertz CT molecular complexity index is 883. The van der Waals surface area contributed by atoms with E-state index in [9.17, 15) is 24.0 Å². The standard InChI is InChI=1S/C19H20Cl3NO9/c1-8(24)29-7-15(30-9(2)25)17(31-10(3)26)18(32-11(4)27)19(28)23-16-13(21)5-12(20)6-14(16)22/h5-6,15,17-18H,7H2,1-4H3,(H,23,28). The van der Waals surface area contributed by atoms with Gasteiger partial charge in [-0.2, -0.15) is 0 Å². The molecular formula is C19H20Cl3NO9. The number of esters is 4. The van der Waals surface area contributed by atoms with E-state index in [2.05, 4.69) is 5.32 Å².